The molecule has 1 N–H and O–H groups in total. The first-order valence-electron chi connectivity index (χ1n) is 8.46. The second-order valence-corrected chi connectivity index (χ2v) is 8.18. The Hall–Kier alpha value is -0.870. The third kappa shape index (κ3) is 6.41. The molecule has 0 bridgehead atoms. The molecule has 1 saturated heterocycles. The summed E-state index contributed by atoms with van der Waals surface area (Å²) in [5.41, 5.74) is 2.51. The first-order valence-corrected chi connectivity index (χ1v) is 10.1. The van der Waals surface area contributed by atoms with Gasteiger partial charge in [-0.25, -0.2) is 12.7 Å². The molecule has 0 amide bonds. The van der Waals surface area contributed by atoms with E-state index in [4.69, 9.17) is 0 Å². The Morgan fingerprint density at radius 3 is 2.68 bits per heavy atom. The van der Waals surface area contributed by atoms with E-state index in [0.717, 1.165) is 25.5 Å². The Bertz CT molecular complexity index is 679. The summed E-state index contributed by atoms with van der Waals surface area (Å²) < 4.78 is 25.2. The van der Waals surface area contributed by atoms with Gasteiger partial charge in [0.2, 0.25) is 10.0 Å². The molecule has 0 saturated carbocycles. The summed E-state index contributed by atoms with van der Waals surface area (Å²) >= 11 is 0. The highest BCUT2D eigenvalue weighted by atomic mass is 127. The third-order valence-corrected chi connectivity index (χ3v) is 6.14. The van der Waals surface area contributed by atoms with Crippen LogP contribution in [-0.4, -0.2) is 62.6 Å². The fourth-order valence-electron chi connectivity index (χ4n) is 2.80. The van der Waals surface area contributed by atoms with Crippen molar-refractivity contribution in [2.24, 2.45) is 4.99 Å². The molecule has 1 heterocycles. The van der Waals surface area contributed by atoms with Gasteiger partial charge in [-0.05, 0) is 31.4 Å². The molecule has 6 nitrogen and oxygen atoms in total. The largest absolute Gasteiger partial charge is 0.357 e. The minimum Gasteiger partial charge on any atom is -0.357 e. The Balaban J connectivity index is 0.00000312. The zero-order valence-electron chi connectivity index (χ0n) is 15.2. The monoisotopic (exact) mass is 480 g/mol. The molecule has 8 heteroatoms. The van der Waals surface area contributed by atoms with E-state index >= 15 is 0 Å². The third-order valence-electron chi connectivity index (χ3n) is 4.18. The average molecular weight is 480 g/mol. The van der Waals surface area contributed by atoms with Gasteiger partial charge >= 0.3 is 0 Å². The highest BCUT2D eigenvalue weighted by Crippen LogP contribution is 2.12. The van der Waals surface area contributed by atoms with Crippen LogP contribution in [0.2, 0.25) is 0 Å². The number of hydrogen-bond acceptors (Lipinski definition) is 3. The van der Waals surface area contributed by atoms with Crippen LogP contribution in [-0.2, 0) is 16.6 Å². The molecule has 142 valence electrons. The summed E-state index contributed by atoms with van der Waals surface area (Å²) in [6, 6.07) is 8.30. The molecule has 25 heavy (non-hydrogen) atoms. The number of guanidine groups is 1. The number of rotatable bonds is 6. The molecule has 0 radical (unpaired) electrons. The molecule has 1 aliphatic rings. The first-order chi connectivity index (χ1) is 11.4. The van der Waals surface area contributed by atoms with Crippen molar-refractivity contribution in [2.75, 3.05) is 39.0 Å². The lowest BCUT2D eigenvalue weighted by molar-refractivity contribution is 0.445. The summed E-state index contributed by atoms with van der Waals surface area (Å²) in [5.74, 6) is 1.07. The van der Waals surface area contributed by atoms with Crippen molar-refractivity contribution in [1.29, 1.82) is 0 Å². The van der Waals surface area contributed by atoms with E-state index in [1.165, 1.54) is 11.1 Å². The maximum atomic E-state index is 11.8. The van der Waals surface area contributed by atoms with E-state index in [2.05, 4.69) is 34.3 Å². The number of aryl methyl sites for hydroxylation is 1. The summed E-state index contributed by atoms with van der Waals surface area (Å²) in [6.07, 6.45) is 0.722. The van der Waals surface area contributed by atoms with E-state index in [9.17, 15) is 8.42 Å². The topological polar surface area (TPSA) is 65.0 Å². The van der Waals surface area contributed by atoms with E-state index in [-0.39, 0.29) is 29.7 Å². The van der Waals surface area contributed by atoms with Gasteiger partial charge in [0.1, 0.15) is 0 Å². The molecule has 1 fully saturated rings. The predicted octanol–water partition coefficient (Wildman–Crippen LogP) is 2.05. The Labute approximate surface area is 168 Å². The van der Waals surface area contributed by atoms with Gasteiger partial charge in [-0.15, -0.1) is 24.0 Å². The lowest BCUT2D eigenvalue weighted by atomic mass is 10.1. The Morgan fingerprint density at radius 2 is 2.08 bits per heavy atom. The van der Waals surface area contributed by atoms with Crippen molar-refractivity contribution < 1.29 is 8.42 Å². The van der Waals surface area contributed by atoms with Crippen LogP contribution in [0, 0.1) is 6.92 Å². The van der Waals surface area contributed by atoms with Gasteiger partial charge in [-0.2, -0.15) is 0 Å². The predicted molar refractivity (Wildman–Crippen MR) is 114 cm³/mol. The number of benzene rings is 1. The number of aliphatic imine (C=N–C) groups is 1. The van der Waals surface area contributed by atoms with Crippen molar-refractivity contribution in [2.45, 2.75) is 26.8 Å². The molecule has 1 aromatic carbocycles. The minimum atomic E-state index is -3.04. The van der Waals surface area contributed by atoms with Gasteiger partial charge < -0.3 is 10.2 Å². The highest BCUT2D eigenvalue weighted by Gasteiger charge is 2.27. The lowest BCUT2D eigenvalue weighted by Crippen LogP contribution is -2.39. The molecule has 0 aromatic heterocycles. The van der Waals surface area contributed by atoms with Gasteiger partial charge in [0.25, 0.3) is 0 Å². The van der Waals surface area contributed by atoms with Crippen LogP contribution in [0.3, 0.4) is 0 Å². The second kappa shape index (κ2) is 10.3. The van der Waals surface area contributed by atoms with Crippen LogP contribution in [0.25, 0.3) is 0 Å². The molecule has 0 atom stereocenters. The summed E-state index contributed by atoms with van der Waals surface area (Å²) in [5, 5.41) is 3.28. The maximum absolute atomic E-state index is 11.8. The van der Waals surface area contributed by atoms with Crippen LogP contribution in [0.15, 0.2) is 29.3 Å². The van der Waals surface area contributed by atoms with Crippen molar-refractivity contribution in [3.05, 3.63) is 35.4 Å². The van der Waals surface area contributed by atoms with E-state index in [1.54, 1.807) is 4.31 Å². The van der Waals surface area contributed by atoms with E-state index < -0.39 is 10.0 Å². The quantitative estimate of drug-likeness (QED) is 0.385. The number of halogens is 1. The Kier molecular flexibility index (Phi) is 9.15. The van der Waals surface area contributed by atoms with Crippen molar-refractivity contribution in [1.82, 2.24) is 14.5 Å². The summed E-state index contributed by atoms with van der Waals surface area (Å²) in [6.45, 7) is 7.22. The number of sulfonamides is 1. The zero-order chi connectivity index (χ0) is 17.6. The lowest BCUT2D eigenvalue weighted by Gasteiger charge is -2.23. The van der Waals surface area contributed by atoms with E-state index in [0.29, 0.717) is 19.6 Å². The van der Waals surface area contributed by atoms with Crippen LogP contribution in [0.4, 0.5) is 0 Å². The molecule has 0 spiro atoms. The molecule has 1 aliphatic heterocycles. The van der Waals surface area contributed by atoms with Gasteiger partial charge in [0.15, 0.2) is 5.96 Å². The second-order valence-electron chi connectivity index (χ2n) is 6.09. The fraction of sp³-hybridized carbons (Fsp3) is 0.588. The van der Waals surface area contributed by atoms with Crippen molar-refractivity contribution in [3.8, 4) is 0 Å². The van der Waals surface area contributed by atoms with Crippen molar-refractivity contribution in [3.63, 3.8) is 0 Å². The summed E-state index contributed by atoms with van der Waals surface area (Å²) in [4.78, 5) is 6.67. The van der Waals surface area contributed by atoms with Crippen LogP contribution >= 0.6 is 24.0 Å². The zero-order valence-corrected chi connectivity index (χ0v) is 18.4. The number of hydrogen-bond donors (Lipinski definition) is 1. The van der Waals surface area contributed by atoms with Crippen molar-refractivity contribution >= 4 is 40.0 Å². The molecule has 2 rings (SSSR count). The van der Waals surface area contributed by atoms with Crippen LogP contribution in [0.1, 0.15) is 24.5 Å². The molecular weight excluding hydrogens is 451 g/mol. The number of nitrogens with zero attached hydrogens (tertiary/aromatic N) is 3. The standard InChI is InChI=1S/C17H28N4O2S.HI/c1-4-18-17(19-10-12-21-11-7-13-24(21,22)23)20(3)14-16-9-6-5-8-15(16)2;/h5-6,8-9H,4,7,10-14H2,1-3H3,(H,18,19);1H. The molecule has 0 unspecified atom stereocenters. The Morgan fingerprint density at radius 1 is 1.36 bits per heavy atom. The van der Waals surface area contributed by atoms with Crippen LogP contribution < -0.4 is 5.32 Å². The SMILES string of the molecule is CCNC(=NCCN1CCCS1(=O)=O)N(C)Cc1ccccc1C.I. The fourth-order valence-corrected chi connectivity index (χ4v) is 4.32. The average Bonchev–Trinajstić information content (AvgIpc) is 2.87. The summed E-state index contributed by atoms with van der Waals surface area (Å²) in [7, 11) is -1.04. The van der Waals surface area contributed by atoms with Gasteiger partial charge in [-0.3, -0.25) is 4.99 Å². The highest BCUT2D eigenvalue weighted by molar-refractivity contribution is 14.0. The van der Waals surface area contributed by atoms with Crippen LogP contribution in [0.5, 0.6) is 0 Å². The smallest absolute Gasteiger partial charge is 0.214 e. The molecular formula is C17H29IN4O2S. The normalized spacial score (nSPS) is 17.2. The van der Waals surface area contributed by atoms with Gasteiger partial charge in [-0.1, -0.05) is 24.3 Å². The van der Waals surface area contributed by atoms with E-state index in [1.807, 2.05) is 26.1 Å². The molecule has 1 aromatic rings. The number of nitrogens with one attached hydrogen (secondary N) is 1. The van der Waals surface area contributed by atoms with Gasteiger partial charge in [0.05, 0.1) is 12.3 Å². The first kappa shape index (κ1) is 22.2. The molecule has 0 aliphatic carbocycles. The minimum absolute atomic E-state index is 0. The maximum Gasteiger partial charge on any atom is 0.214 e. The van der Waals surface area contributed by atoms with Gasteiger partial charge in [0, 0.05) is 33.2 Å².